The molecule has 0 saturated carbocycles. The van der Waals surface area contributed by atoms with E-state index in [2.05, 4.69) is 15.7 Å². The lowest BCUT2D eigenvalue weighted by Gasteiger charge is -2.21. The fourth-order valence-corrected chi connectivity index (χ4v) is 3.34. The van der Waals surface area contributed by atoms with Gasteiger partial charge in [0.1, 0.15) is 23.7 Å². The van der Waals surface area contributed by atoms with Crippen molar-refractivity contribution in [2.24, 2.45) is 0 Å². The lowest BCUT2D eigenvalue weighted by molar-refractivity contribution is -0.138. The van der Waals surface area contributed by atoms with Gasteiger partial charge in [-0.25, -0.2) is 23.5 Å². The van der Waals surface area contributed by atoms with Crippen molar-refractivity contribution in [2.75, 3.05) is 19.8 Å². The van der Waals surface area contributed by atoms with E-state index >= 15 is 0 Å². The van der Waals surface area contributed by atoms with Gasteiger partial charge in [0, 0.05) is 11.8 Å². The van der Waals surface area contributed by atoms with Crippen LogP contribution in [0, 0.1) is 5.82 Å². The van der Waals surface area contributed by atoms with Gasteiger partial charge in [-0.05, 0) is 43.3 Å². The van der Waals surface area contributed by atoms with Gasteiger partial charge >= 0.3 is 18.0 Å². The van der Waals surface area contributed by atoms with E-state index in [1.165, 1.54) is 35.1 Å². The van der Waals surface area contributed by atoms with Gasteiger partial charge in [0.25, 0.3) is 0 Å². The molecule has 2 N–H and O–H groups in total. The molecule has 34 heavy (non-hydrogen) atoms. The molecule has 2 aromatic carbocycles. The highest BCUT2D eigenvalue weighted by Crippen LogP contribution is 2.25. The van der Waals surface area contributed by atoms with Crippen molar-refractivity contribution in [3.8, 4) is 16.9 Å². The van der Waals surface area contributed by atoms with Gasteiger partial charge in [-0.15, -0.1) is 0 Å². The van der Waals surface area contributed by atoms with Crippen molar-refractivity contribution in [1.29, 1.82) is 0 Å². The maximum atomic E-state index is 13.4. The van der Waals surface area contributed by atoms with Gasteiger partial charge in [-0.1, -0.05) is 18.2 Å². The lowest BCUT2D eigenvalue weighted by atomic mass is 10.1. The van der Waals surface area contributed by atoms with Crippen LogP contribution in [-0.2, 0) is 14.3 Å². The molecular weight excluding hydrogens is 443 g/mol. The molecule has 0 saturated heterocycles. The fraction of sp³-hybridized carbons (Fsp3) is 0.167. The van der Waals surface area contributed by atoms with Gasteiger partial charge in [0.2, 0.25) is 0 Å². The minimum absolute atomic E-state index is 0.0513. The van der Waals surface area contributed by atoms with E-state index in [1.54, 1.807) is 6.92 Å². The Kier molecular flexibility index (Phi) is 6.67. The van der Waals surface area contributed by atoms with Crippen LogP contribution in [0.15, 0.2) is 72.1 Å². The van der Waals surface area contributed by atoms with E-state index in [-0.39, 0.29) is 36.6 Å². The largest absolute Gasteiger partial charge is 0.463 e. The summed E-state index contributed by atoms with van der Waals surface area (Å²) in [5, 5.41) is 9.47. The number of amides is 2. The van der Waals surface area contributed by atoms with E-state index < -0.39 is 23.8 Å². The third-order valence-corrected chi connectivity index (χ3v) is 5.00. The summed E-state index contributed by atoms with van der Waals surface area (Å²) in [6.45, 7) is 1.40. The second kappa shape index (κ2) is 9.99. The molecule has 2 heterocycles. The van der Waals surface area contributed by atoms with E-state index in [0.29, 0.717) is 16.9 Å². The molecule has 0 radical (unpaired) electrons. The van der Waals surface area contributed by atoms with Gasteiger partial charge in [0.15, 0.2) is 0 Å². The molecule has 1 aliphatic rings. The Balaban J connectivity index is 1.64. The summed E-state index contributed by atoms with van der Waals surface area (Å²) < 4.78 is 25.4. The molecule has 0 atom stereocenters. The summed E-state index contributed by atoms with van der Waals surface area (Å²) in [7, 11) is 0. The molecule has 4 rings (SSSR count). The molecular formula is C24H21FN4O5. The molecule has 10 heteroatoms. The normalized spacial score (nSPS) is 13.2. The van der Waals surface area contributed by atoms with Crippen molar-refractivity contribution < 1.29 is 28.2 Å². The smallest absolute Gasteiger partial charge is 0.342 e. The first kappa shape index (κ1) is 22.7. The Hall–Kier alpha value is -4.47. The number of aromatic nitrogens is 2. The summed E-state index contributed by atoms with van der Waals surface area (Å²) in [5.74, 6) is -1.77. The van der Waals surface area contributed by atoms with Crippen LogP contribution in [0.25, 0.3) is 16.9 Å². The average Bonchev–Trinajstić information content (AvgIpc) is 3.29. The number of nitrogens with zero attached hydrogens (tertiary/aromatic N) is 2. The number of ether oxygens (including phenoxy) is 2. The van der Waals surface area contributed by atoms with Crippen LogP contribution in [0.3, 0.4) is 0 Å². The number of urea groups is 1. The van der Waals surface area contributed by atoms with Crippen molar-refractivity contribution in [1.82, 2.24) is 20.4 Å². The predicted molar refractivity (Wildman–Crippen MR) is 119 cm³/mol. The third kappa shape index (κ3) is 4.96. The molecule has 3 aromatic rings. The zero-order valence-electron chi connectivity index (χ0n) is 18.2. The molecule has 0 unspecified atom stereocenters. The summed E-state index contributed by atoms with van der Waals surface area (Å²) in [5.41, 5.74) is 1.95. The predicted octanol–water partition coefficient (Wildman–Crippen LogP) is 2.97. The molecule has 2 amide bonds. The van der Waals surface area contributed by atoms with Crippen molar-refractivity contribution >= 4 is 18.0 Å². The number of rotatable bonds is 7. The van der Waals surface area contributed by atoms with Crippen LogP contribution in [0.5, 0.6) is 0 Å². The zero-order valence-corrected chi connectivity index (χ0v) is 18.2. The number of esters is 2. The minimum Gasteiger partial charge on any atom is -0.463 e. The van der Waals surface area contributed by atoms with Gasteiger partial charge in [0.05, 0.1) is 30.1 Å². The Morgan fingerprint density at radius 2 is 1.79 bits per heavy atom. The number of carbonyl (C=O) groups is 3. The molecule has 0 bridgehead atoms. The Morgan fingerprint density at radius 1 is 1.06 bits per heavy atom. The molecule has 0 fully saturated rings. The van der Waals surface area contributed by atoms with Gasteiger partial charge in [-0.3, -0.25) is 0 Å². The van der Waals surface area contributed by atoms with Crippen LogP contribution in [0.2, 0.25) is 0 Å². The Labute approximate surface area is 194 Å². The van der Waals surface area contributed by atoms with E-state index in [1.807, 2.05) is 30.3 Å². The lowest BCUT2D eigenvalue weighted by Crippen LogP contribution is -2.45. The van der Waals surface area contributed by atoms with Crippen LogP contribution < -0.4 is 10.6 Å². The average molecular weight is 464 g/mol. The number of halogens is 1. The van der Waals surface area contributed by atoms with Crippen LogP contribution in [0.4, 0.5) is 9.18 Å². The number of benzene rings is 2. The van der Waals surface area contributed by atoms with E-state index in [4.69, 9.17) is 9.47 Å². The minimum atomic E-state index is -0.731. The van der Waals surface area contributed by atoms with Gasteiger partial charge < -0.3 is 20.1 Å². The quantitative estimate of drug-likeness (QED) is 0.520. The third-order valence-electron chi connectivity index (χ3n) is 5.00. The molecule has 1 aliphatic heterocycles. The van der Waals surface area contributed by atoms with Crippen LogP contribution >= 0.6 is 0 Å². The summed E-state index contributed by atoms with van der Waals surface area (Å²) in [4.78, 5) is 37.0. The number of hydrogen-bond acceptors (Lipinski definition) is 6. The molecule has 0 aliphatic carbocycles. The highest BCUT2D eigenvalue weighted by Gasteiger charge is 2.26. The SMILES string of the molecule is CCOC(=O)C1=C(COC(=O)c2cn(-c3ccccc3)nc2-c2ccc(F)cc2)NC(=O)NC1. The van der Waals surface area contributed by atoms with Crippen LogP contribution in [0.1, 0.15) is 17.3 Å². The number of para-hydroxylation sites is 1. The van der Waals surface area contributed by atoms with Crippen LogP contribution in [-0.4, -0.2) is 47.5 Å². The summed E-state index contributed by atoms with van der Waals surface area (Å²) >= 11 is 0. The number of carbonyl (C=O) groups excluding carboxylic acids is 3. The topological polar surface area (TPSA) is 112 Å². The standard InChI is InChI=1S/C24H21FN4O5/c1-2-33-22(30)18-12-26-24(32)27-20(18)14-34-23(31)19-13-29(17-6-4-3-5-7-17)28-21(19)15-8-10-16(25)11-9-15/h3-11,13H,2,12,14H2,1H3,(H2,26,27,32). The second-order valence-electron chi connectivity index (χ2n) is 7.24. The first-order chi connectivity index (χ1) is 16.5. The maximum absolute atomic E-state index is 13.4. The molecule has 174 valence electrons. The second-order valence-corrected chi connectivity index (χ2v) is 7.24. The molecule has 0 spiro atoms. The first-order valence-electron chi connectivity index (χ1n) is 10.5. The zero-order chi connectivity index (χ0) is 24.1. The Bertz CT molecular complexity index is 1250. The molecule has 9 nitrogen and oxygen atoms in total. The maximum Gasteiger partial charge on any atom is 0.342 e. The van der Waals surface area contributed by atoms with Crippen molar-refractivity contribution in [3.63, 3.8) is 0 Å². The number of nitrogens with one attached hydrogen (secondary N) is 2. The molecule has 1 aromatic heterocycles. The monoisotopic (exact) mass is 464 g/mol. The van der Waals surface area contributed by atoms with E-state index in [9.17, 15) is 18.8 Å². The van der Waals surface area contributed by atoms with E-state index in [0.717, 1.165) is 0 Å². The van der Waals surface area contributed by atoms with Gasteiger partial charge in [-0.2, -0.15) is 5.10 Å². The highest BCUT2D eigenvalue weighted by molar-refractivity contribution is 5.97. The summed E-state index contributed by atoms with van der Waals surface area (Å²) in [6, 6.07) is 14.2. The Morgan fingerprint density at radius 3 is 2.50 bits per heavy atom. The number of hydrogen-bond donors (Lipinski definition) is 2. The highest BCUT2D eigenvalue weighted by atomic mass is 19.1. The fourth-order valence-electron chi connectivity index (χ4n) is 3.34. The summed E-state index contributed by atoms with van der Waals surface area (Å²) in [6.07, 6.45) is 1.51. The van der Waals surface area contributed by atoms with Crippen molar-refractivity contribution in [2.45, 2.75) is 6.92 Å². The van der Waals surface area contributed by atoms with Crippen molar-refractivity contribution in [3.05, 3.63) is 83.4 Å². The first-order valence-corrected chi connectivity index (χ1v) is 10.5.